The van der Waals surface area contributed by atoms with E-state index in [2.05, 4.69) is 10.1 Å². The average Bonchev–Trinajstić information content (AvgIpc) is 2.15. The van der Waals surface area contributed by atoms with Gasteiger partial charge in [0, 0.05) is 13.1 Å². The smallest absolute Gasteiger partial charge is 0.495 e. The fourth-order valence-electron chi connectivity index (χ4n) is 1.08. The Labute approximate surface area is 84.8 Å². The van der Waals surface area contributed by atoms with E-state index < -0.39 is 6.36 Å². The molecule has 0 amide bonds. The molecular formula is C9H10F3NO2. The minimum absolute atomic E-state index is 0.285. The van der Waals surface area contributed by atoms with Crippen LogP contribution in [0.4, 0.5) is 18.9 Å². The number of hydrogen-bond donors (Lipinski definition) is 1. The maximum Gasteiger partial charge on any atom is 0.573 e. The van der Waals surface area contributed by atoms with Crippen LogP contribution in [0.5, 0.6) is 11.5 Å². The SMILES string of the molecule is CNc1cc(OC(F)(F)F)ccc1OC. The molecule has 3 nitrogen and oxygen atoms in total. The molecule has 0 aliphatic carbocycles. The third-order valence-corrected chi connectivity index (χ3v) is 1.67. The van der Waals surface area contributed by atoms with Crippen LogP contribution in [-0.2, 0) is 0 Å². The van der Waals surface area contributed by atoms with Crippen molar-refractivity contribution >= 4 is 5.69 Å². The third kappa shape index (κ3) is 3.23. The van der Waals surface area contributed by atoms with Gasteiger partial charge in [0.1, 0.15) is 11.5 Å². The molecule has 84 valence electrons. The summed E-state index contributed by atoms with van der Waals surface area (Å²) in [6.07, 6.45) is -4.68. The predicted molar refractivity (Wildman–Crippen MR) is 49.2 cm³/mol. The number of anilines is 1. The number of halogens is 3. The zero-order valence-electron chi connectivity index (χ0n) is 8.18. The Bertz CT molecular complexity index is 339. The highest BCUT2D eigenvalue weighted by Gasteiger charge is 2.31. The van der Waals surface area contributed by atoms with Crippen molar-refractivity contribution in [3.63, 3.8) is 0 Å². The highest BCUT2D eigenvalue weighted by Crippen LogP contribution is 2.31. The summed E-state index contributed by atoms with van der Waals surface area (Å²) in [5, 5.41) is 2.70. The van der Waals surface area contributed by atoms with Crippen LogP contribution in [0.1, 0.15) is 0 Å². The predicted octanol–water partition coefficient (Wildman–Crippen LogP) is 2.64. The van der Waals surface area contributed by atoms with Crippen LogP contribution in [0.3, 0.4) is 0 Å². The fourth-order valence-corrected chi connectivity index (χ4v) is 1.08. The van der Waals surface area contributed by atoms with Crippen molar-refractivity contribution in [3.05, 3.63) is 18.2 Å². The van der Waals surface area contributed by atoms with E-state index in [-0.39, 0.29) is 5.75 Å². The minimum Gasteiger partial charge on any atom is -0.495 e. The first-order valence-corrected chi connectivity index (χ1v) is 4.08. The quantitative estimate of drug-likeness (QED) is 0.851. The number of alkyl halides is 3. The van der Waals surface area contributed by atoms with Gasteiger partial charge in [0.2, 0.25) is 0 Å². The van der Waals surface area contributed by atoms with Gasteiger partial charge in [0.25, 0.3) is 0 Å². The fraction of sp³-hybridized carbons (Fsp3) is 0.333. The van der Waals surface area contributed by atoms with Gasteiger partial charge in [-0.25, -0.2) is 0 Å². The zero-order chi connectivity index (χ0) is 11.5. The molecule has 0 saturated carbocycles. The van der Waals surface area contributed by atoms with E-state index in [9.17, 15) is 13.2 Å². The van der Waals surface area contributed by atoms with Gasteiger partial charge in [-0.05, 0) is 12.1 Å². The van der Waals surface area contributed by atoms with Crippen molar-refractivity contribution in [2.24, 2.45) is 0 Å². The molecule has 0 heterocycles. The van der Waals surface area contributed by atoms with E-state index in [4.69, 9.17) is 4.74 Å². The Morgan fingerprint density at radius 3 is 2.40 bits per heavy atom. The van der Waals surface area contributed by atoms with Crippen LogP contribution in [0.15, 0.2) is 18.2 Å². The van der Waals surface area contributed by atoms with Gasteiger partial charge in [-0.1, -0.05) is 0 Å². The summed E-state index contributed by atoms with van der Waals surface area (Å²) >= 11 is 0. The van der Waals surface area contributed by atoms with Gasteiger partial charge in [0.15, 0.2) is 0 Å². The number of nitrogens with one attached hydrogen (secondary N) is 1. The van der Waals surface area contributed by atoms with Gasteiger partial charge < -0.3 is 14.8 Å². The minimum atomic E-state index is -4.68. The molecule has 1 aromatic rings. The van der Waals surface area contributed by atoms with Crippen LogP contribution in [0.25, 0.3) is 0 Å². The van der Waals surface area contributed by atoms with Crippen LogP contribution in [0.2, 0.25) is 0 Å². The van der Waals surface area contributed by atoms with Crippen LogP contribution >= 0.6 is 0 Å². The summed E-state index contributed by atoms with van der Waals surface area (Å²) < 4.78 is 44.3. The van der Waals surface area contributed by atoms with Gasteiger partial charge in [0.05, 0.1) is 12.8 Å². The molecule has 0 fully saturated rings. The first-order valence-electron chi connectivity index (χ1n) is 4.08. The van der Waals surface area contributed by atoms with E-state index in [0.717, 1.165) is 0 Å². The van der Waals surface area contributed by atoms with Crippen molar-refractivity contribution in [3.8, 4) is 11.5 Å². The first-order chi connectivity index (χ1) is 6.96. The van der Waals surface area contributed by atoms with Gasteiger partial charge in [-0.3, -0.25) is 0 Å². The van der Waals surface area contributed by atoms with Crippen LogP contribution < -0.4 is 14.8 Å². The highest BCUT2D eigenvalue weighted by atomic mass is 19.4. The topological polar surface area (TPSA) is 30.5 Å². The van der Waals surface area contributed by atoms with Crippen molar-refractivity contribution in [1.29, 1.82) is 0 Å². The lowest BCUT2D eigenvalue weighted by Gasteiger charge is -2.12. The van der Waals surface area contributed by atoms with E-state index >= 15 is 0 Å². The average molecular weight is 221 g/mol. The number of methoxy groups -OCH3 is 1. The lowest BCUT2D eigenvalue weighted by atomic mass is 10.3. The van der Waals surface area contributed by atoms with E-state index in [0.29, 0.717) is 11.4 Å². The second kappa shape index (κ2) is 4.29. The largest absolute Gasteiger partial charge is 0.573 e. The van der Waals surface area contributed by atoms with Crippen LogP contribution in [0, 0.1) is 0 Å². The standard InChI is InChI=1S/C9H10F3NO2/c1-13-7-5-6(15-9(10,11)12)3-4-8(7)14-2/h3-5,13H,1-2H3. The first kappa shape index (κ1) is 11.5. The lowest BCUT2D eigenvalue weighted by Crippen LogP contribution is -2.17. The number of rotatable bonds is 3. The normalized spacial score (nSPS) is 11.0. The lowest BCUT2D eigenvalue weighted by molar-refractivity contribution is -0.274. The molecule has 0 bridgehead atoms. The van der Waals surface area contributed by atoms with E-state index in [1.807, 2.05) is 0 Å². The Morgan fingerprint density at radius 2 is 1.93 bits per heavy atom. The van der Waals surface area contributed by atoms with Gasteiger partial charge >= 0.3 is 6.36 Å². The van der Waals surface area contributed by atoms with Crippen molar-refractivity contribution in [2.75, 3.05) is 19.5 Å². The number of hydrogen-bond acceptors (Lipinski definition) is 3. The van der Waals surface area contributed by atoms with Gasteiger partial charge in [-0.2, -0.15) is 0 Å². The van der Waals surface area contributed by atoms with Gasteiger partial charge in [-0.15, -0.1) is 13.2 Å². The van der Waals surface area contributed by atoms with Crippen LogP contribution in [-0.4, -0.2) is 20.5 Å². The zero-order valence-corrected chi connectivity index (χ0v) is 8.18. The summed E-state index contributed by atoms with van der Waals surface area (Å²) in [5.41, 5.74) is 0.430. The molecule has 1 aromatic carbocycles. The molecule has 0 radical (unpaired) electrons. The highest BCUT2D eigenvalue weighted by molar-refractivity contribution is 5.59. The Hall–Kier alpha value is -1.59. The second-order valence-corrected chi connectivity index (χ2v) is 2.66. The molecule has 15 heavy (non-hydrogen) atoms. The summed E-state index contributed by atoms with van der Waals surface area (Å²) in [6.45, 7) is 0. The van der Waals surface area contributed by atoms with Crippen molar-refractivity contribution < 1.29 is 22.6 Å². The molecule has 0 spiro atoms. The Balaban J connectivity index is 2.93. The number of benzene rings is 1. The molecule has 1 rings (SSSR count). The van der Waals surface area contributed by atoms with Crippen molar-refractivity contribution in [1.82, 2.24) is 0 Å². The molecule has 0 saturated heterocycles. The second-order valence-electron chi connectivity index (χ2n) is 2.66. The molecule has 0 atom stereocenters. The summed E-state index contributed by atoms with van der Waals surface area (Å²) in [5.74, 6) is 0.166. The molecule has 1 N–H and O–H groups in total. The maximum absolute atomic E-state index is 11.9. The molecule has 0 aromatic heterocycles. The Kier molecular flexibility index (Phi) is 3.28. The molecule has 0 aliphatic heterocycles. The monoisotopic (exact) mass is 221 g/mol. The van der Waals surface area contributed by atoms with E-state index in [1.54, 1.807) is 7.05 Å². The molecule has 0 unspecified atom stereocenters. The maximum atomic E-state index is 11.9. The Morgan fingerprint density at radius 1 is 1.27 bits per heavy atom. The molecule has 6 heteroatoms. The molecular weight excluding hydrogens is 211 g/mol. The van der Waals surface area contributed by atoms with Crippen molar-refractivity contribution in [2.45, 2.75) is 6.36 Å². The summed E-state index contributed by atoms with van der Waals surface area (Å²) in [6, 6.07) is 3.80. The third-order valence-electron chi connectivity index (χ3n) is 1.67. The van der Waals surface area contributed by atoms with E-state index in [1.165, 1.54) is 25.3 Å². The summed E-state index contributed by atoms with van der Waals surface area (Å²) in [7, 11) is 3.01. The number of ether oxygens (including phenoxy) is 2. The molecule has 0 aliphatic rings. The summed E-state index contributed by atoms with van der Waals surface area (Å²) in [4.78, 5) is 0.